The van der Waals surface area contributed by atoms with E-state index < -0.39 is 18.4 Å². The number of rotatable bonds is 2. The van der Waals surface area contributed by atoms with E-state index in [0.29, 0.717) is 12.2 Å². The van der Waals surface area contributed by atoms with Crippen LogP contribution in [0.1, 0.15) is 6.42 Å². The molecule has 1 fully saturated rings. The Morgan fingerprint density at radius 2 is 2.50 bits per heavy atom. The van der Waals surface area contributed by atoms with Gasteiger partial charge in [-0.2, -0.15) is 0 Å². The molecule has 3 atom stereocenters. The van der Waals surface area contributed by atoms with Gasteiger partial charge in [-0.1, -0.05) is 6.58 Å². The summed E-state index contributed by atoms with van der Waals surface area (Å²) >= 11 is 0. The van der Waals surface area contributed by atoms with Crippen LogP contribution in [0, 0.1) is 0 Å². The zero-order valence-corrected chi connectivity index (χ0v) is 8.67. The molecule has 0 saturated carbocycles. The zero-order valence-electron chi connectivity index (χ0n) is 8.67. The Kier molecular flexibility index (Phi) is 2.95. The van der Waals surface area contributed by atoms with Crippen molar-refractivity contribution >= 4 is 5.91 Å². The molecule has 0 aromatic rings. The van der Waals surface area contributed by atoms with Crippen LogP contribution in [0.2, 0.25) is 0 Å². The second-order valence-electron chi connectivity index (χ2n) is 3.77. The second-order valence-corrected chi connectivity index (χ2v) is 3.77. The van der Waals surface area contributed by atoms with Crippen molar-refractivity contribution in [1.29, 1.82) is 0 Å². The number of aliphatic hydroxyl groups excluding tert-OH is 2. The fourth-order valence-corrected chi connectivity index (χ4v) is 1.81. The minimum absolute atomic E-state index is 0.228. The van der Waals surface area contributed by atoms with Crippen molar-refractivity contribution in [3.63, 3.8) is 0 Å². The molecule has 3 N–H and O–H groups in total. The van der Waals surface area contributed by atoms with Crippen molar-refractivity contribution < 1.29 is 19.7 Å². The molecule has 0 aliphatic carbocycles. The molecule has 6 nitrogen and oxygen atoms in total. The van der Waals surface area contributed by atoms with Gasteiger partial charge >= 0.3 is 0 Å². The van der Waals surface area contributed by atoms with Gasteiger partial charge < -0.3 is 25.2 Å². The number of carbonyl (C=O) groups is 1. The summed E-state index contributed by atoms with van der Waals surface area (Å²) in [4.78, 5) is 12.6. The number of carbonyl (C=O) groups excluding carboxylic acids is 1. The van der Waals surface area contributed by atoms with Crippen LogP contribution in [0.5, 0.6) is 0 Å². The summed E-state index contributed by atoms with van der Waals surface area (Å²) in [5.74, 6) is 0.168. The number of aliphatic hydroxyl groups is 2. The molecule has 88 valence electrons. The molecule has 2 aliphatic rings. The standard InChI is InChI=1S/C10H14N2O4/c1-6-11-9(15)2-3-12(6)10-4-7(14)8(5-13)16-10/h2-3,7-8,10,13-14H,1,4-5H2,(H,11,15)/t7-,8-,10-/m1/s1/i14+2,15+2. The number of hydrogen-bond donors (Lipinski definition) is 3. The number of nitrogens with one attached hydrogen (secondary N) is 1. The van der Waals surface area contributed by atoms with Crippen molar-refractivity contribution in [2.24, 2.45) is 0 Å². The Morgan fingerprint density at radius 3 is 3.06 bits per heavy atom. The van der Waals surface area contributed by atoms with Crippen LogP contribution in [0.15, 0.2) is 24.7 Å². The predicted octanol–water partition coefficient (Wildman–Crippen LogP) is -1.13. The minimum Gasteiger partial charge on any atom is -0.394 e. The molecular formula is C10H14N2O4. The first-order valence-electron chi connectivity index (χ1n) is 5.02. The molecule has 0 spiro atoms. The van der Waals surface area contributed by atoms with Crippen LogP contribution in [-0.4, -0.2) is 46.1 Å². The van der Waals surface area contributed by atoms with E-state index in [9.17, 15) is 9.90 Å². The number of amides is 1. The summed E-state index contributed by atoms with van der Waals surface area (Å²) < 4.78 is 5.43. The molecule has 0 bridgehead atoms. The van der Waals surface area contributed by atoms with Gasteiger partial charge in [-0.3, -0.25) is 4.79 Å². The lowest BCUT2D eigenvalue weighted by molar-refractivity contribution is -0.117. The monoisotopic (exact) mass is 230 g/mol. The van der Waals surface area contributed by atoms with E-state index in [-0.39, 0.29) is 12.5 Å². The molecule has 2 rings (SSSR count). The van der Waals surface area contributed by atoms with Crippen molar-refractivity contribution in [2.75, 3.05) is 6.61 Å². The molecule has 6 heteroatoms. The summed E-state index contributed by atoms with van der Waals surface area (Å²) in [6.45, 7) is 3.46. The smallest absolute Gasteiger partial charge is 0.250 e. The largest absolute Gasteiger partial charge is 0.394 e. The molecule has 0 aromatic heterocycles. The average molecular weight is 230 g/mol. The Bertz CT molecular complexity index is 342. The van der Waals surface area contributed by atoms with E-state index in [0.717, 1.165) is 0 Å². The quantitative estimate of drug-likeness (QED) is 0.523. The molecule has 1 saturated heterocycles. The zero-order chi connectivity index (χ0) is 11.7. The van der Waals surface area contributed by atoms with Crippen molar-refractivity contribution in [3.05, 3.63) is 24.7 Å². The van der Waals surface area contributed by atoms with E-state index in [1.165, 1.54) is 6.08 Å². The van der Waals surface area contributed by atoms with Gasteiger partial charge in [0.15, 0.2) is 0 Å². The van der Waals surface area contributed by atoms with Crippen LogP contribution >= 0.6 is 0 Å². The molecular weight excluding hydrogens is 216 g/mol. The summed E-state index contributed by atoms with van der Waals surface area (Å²) in [6.07, 6.45) is 1.59. The maximum absolute atomic E-state index is 11.0. The third-order valence-electron chi connectivity index (χ3n) is 2.66. The number of nitrogens with zero attached hydrogens (tertiary/aromatic N) is 1. The van der Waals surface area contributed by atoms with Gasteiger partial charge in [-0.05, 0) is 0 Å². The van der Waals surface area contributed by atoms with Crippen LogP contribution in [-0.2, 0) is 9.53 Å². The summed E-state index contributed by atoms with van der Waals surface area (Å²) in [7, 11) is 0. The Morgan fingerprint density at radius 1 is 1.75 bits per heavy atom. The van der Waals surface area contributed by atoms with Gasteiger partial charge in [0, 0.05) is 18.7 Å². The highest BCUT2D eigenvalue weighted by atomic mass is 18.2. The van der Waals surface area contributed by atoms with Gasteiger partial charge in [0.05, 0.1) is 12.7 Å². The fourth-order valence-electron chi connectivity index (χ4n) is 1.81. The fraction of sp³-hybridized carbons (Fsp3) is 0.500. The minimum atomic E-state index is -0.700. The van der Waals surface area contributed by atoms with Gasteiger partial charge in [0.1, 0.15) is 18.2 Å². The van der Waals surface area contributed by atoms with Crippen LogP contribution in [0.25, 0.3) is 0 Å². The normalized spacial score (nSPS) is 34.4. The lowest BCUT2D eigenvalue weighted by Crippen LogP contribution is -2.41. The molecule has 2 aliphatic heterocycles. The van der Waals surface area contributed by atoms with Crippen LogP contribution in [0.3, 0.4) is 0 Å². The SMILES string of the molecule is C=C1NC(=[18O])C=CN1[C@H]1C[C@@H]([18OH])[C@@H](CO)O1. The van der Waals surface area contributed by atoms with E-state index >= 15 is 0 Å². The molecule has 0 unspecified atom stereocenters. The predicted molar refractivity (Wildman–Crippen MR) is 54.6 cm³/mol. The van der Waals surface area contributed by atoms with Crippen molar-refractivity contribution in [2.45, 2.75) is 24.9 Å². The van der Waals surface area contributed by atoms with Gasteiger partial charge in [-0.25, -0.2) is 0 Å². The maximum atomic E-state index is 11.0. The second kappa shape index (κ2) is 4.25. The third kappa shape index (κ3) is 1.95. The van der Waals surface area contributed by atoms with E-state index in [2.05, 4.69) is 11.9 Å². The molecule has 2 heterocycles. The van der Waals surface area contributed by atoms with Crippen LogP contribution in [0.4, 0.5) is 0 Å². The lowest BCUT2D eigenvalue weighted by Gasteiger charge is -2.30. The Balaban J connectivity index is 2.07. The topological polar surface area (TPSA) is 82.0 Å². The average Bonchev–Trinajstić information content (AvgIpc) is 2.59. The first kappa shape index (κ1) is 11.1. The Hall–Kier alpha value is -1.37. The van der Waals surface area contributed by atoms with E-state index in [1.807, 2.05) is 0 Å². The number of hydrogen-bond acceptors (Lipinski definition) is 5. The van der Waals surface area contributed by atoms with Crippen LogP contribution < -0.4 is 5.32 Å². The highest BCUT2D eigenvalue weighted by Gasteiger charge is 2.37. The Labute approximate surface area is 92.8 Å². The van der Waals surface area contributed by atoms with Crippen molar-refractivity contribution in [1.82, 2.24) is 10.2 Å². The van der Waals surface area contributed by atoms with E-state index in [4.69, 9.17) is 9.84 Å². The summed E-state index contributed by atoms with van der Waals surface area (Å²) in [5.41, 5.74) is 0. The van der Waals surface area contributed by atoms with Crippen molar-refractivity contribution in [3.8, 4) is 0 Å². The van der Waals surface area contributed by atoms with Gasteiger partial charge in [-0.15, -0.1) is 0 Å². The molecule has 16 heavy (non-hydrogen) atoms. The highest BCUT2D eigenvalue weighted by Crippen LogP contribution is 2.25. The summed E-state index contributed by atoms with van der Waals surface area (Å²) in [5, 5.41) is 21.1. The first-order chi connectivity index (χ1) is 7.61. The van der Waals surface area contributed by atoms with Gasteiger partial charge in [0.2, 0.25) is 0 Å². The lowest BCUT2D eigenvalue weighted by atomic mass is 10.2. The molecule has 0 aromatic carbocycles. The van der Waals surface area contributed by atoms with Gasteiger partial charge in [0.25, 0.3) is 5.91 Å². The molecule has 1 amide bonds. The van der Waals surface area contributed by atoms with E-state index in [1.54, 1.807) is 11.1 Å². The molecule has 0 radical (unpaired) electrons. The number of ether oxygens (including phenoxy) is 1. The highest BCUT2D eigenvalue weighted by molar-refractivity contribution is 5.89. The third-order valence-corrected chi connectivity index (χ3v) is 2.66. The maximum Gasteiger partial charge on any atom is 0.250 e. The first-order valence-corrected chi connectivity index (χ1v) is 5.02. The summed E-state index contributed by atoms with van der Waals surface area (Å²) in [6, 6.07) is 0.